The van der Waals surface area contributed by atoms with E-state index in [1.54, 1.807) is 6.07 Å². The maximum atomic E-state index is 9.89. The summed E-state index contributed by atoms with van der Waals surface area (Å²) in [6.07, 6.45) is 3.29. The average Bonchev–Trinajstić information content (AvgIpc) is 2.28. The highest BCUT2D eigenvalue weighted by Gasteiger charge is 2.27. The van der Waals surface area contributed by atoms with E-state index in [1.165, 1.54) is 5.56 Å². The van der Waals surface area contributed by atoms with Crippen LogP contribution in [0.2, 0.25) is 0 Å². The van der Waals surface area contributed by atoms with Crippen molar-refractivity contribution < 1.29 is 10.2 Å². The van der Waals surface area contributed by atoms with Crippen LogP contribution in [0.3, 0.4) is 0 Å². The summed E-state index contributed by atoms with van der Waals surface area (Å²) in [4.78, 5) is 0. The van der Waals surface area contributed by atoms with Crippen LogP contribution in [0.1, 0.15) is 36.8 Å². The van der Waals surface area contributed by atoms with Gasteiger partial charge in [-0.2, -0.15) is 0 Å². The molecule has 0 bridgehead atoms. The molecular weight excluding hydrogens is 188 g/mol. The van der Waals surface area contributed by atoms with E-state index in [0.29, 0.717) is 11.7 Å². The van der Waals surface area contributed by atoms with E-state index in [0.717, 1.165) is 24.8 Å². The van der Waals surface area contributed by atoms with Gasteiger partial charge in [-0.3, -0.25) is 0 Å². The van der Waals surface area contributed by atoms with Crippen LogP contribution >= 0.6 is 0 Å². The zero-order valence-electron chi connectivity index (χ0n) is 9.11. The lowest BCUT2D eigenvalue weighted by Gasteiger charge is -2.30. The summed E-state index contributed by atoms with van der Waals surface area (Å²) in [6.45, 7) is 2.24. The molecule has 0 amide bonds. The fourth-order valence-corrected chi connectivity index (χ4v) is 2.60. The highest BCUT2D eigenvalue weighted by atomic mass is 16.3. The van der Waals surface area contributed by atoms with Crippen molar-refractivity contribution >= 4 is 0 Å². The van der Waals surface area contributed by atoms with Gasteiger partial charge in [0.05, 0.1) is 0 Å². The summed E-state index contributed by atoms with van der Waals surface area (Å²) in [5.74, 6) is 0.954. The van der Waals surface area contributed by atoms with E-state index in [1.807, 2.05) is 13.0 Å². The molecule has 15 heavy (non-hydrogen) atoms. The highest BCUT2D eigenvalue weighted by Crippen LogP contribution is 2.41. The Morgan fingerprint density at radius 3 is 3.00 bits per heavy atom. The third kappa shape index (κ3) is 1.86. The number of aliphatic hydroxyl groups is 1. The molecule has 0 fully saturated rings. The number of fused-ring (bicyclic) bond motifs is 1. The molecule has 0 spiro atoms. The Labute approximate surface area is 90.6 Å². The molecule has 0 aliphatic heterocycles. The Morgan fingerprint density at radius 1 is 1.47 bits per heavy atom. The third-order valence-corrected chi connectivity index (χ3v) is 3.48. The maximum Gasteiger partial charge on any atom is 0.119 e. The second-order valence-electron chi connectivity index (χ2n) is 4.51. The predicted octanol–water partition coefficient (Wildman–Crippen LogP) is 2.44. The second-order valence-corrected chi connectivity index (χ2v) is 4.51. The van der Waals surface area contributed by atoms with E-state index in [9.17, 15) is 10.2 Å². The molecule has 1 aliphatic rings. The highest BCUT2D eigenvalue weighted by molar-refractivity contribution is 5.43. The number of phenols is 1. The van der Waals surface area contributed by atoms with Crippen molar-refractivity contribution in [2.24, 2.45) is 5.92 Å². The largest absolute Gasteiger partial charge is 0.508 e. The molecule has 2 nitrogen and oxygen atoms in total. The first-order chi connectivity index (χ1) is 7.24. The molecule has 0 saturated carbocycles. The van der Waals surface area contributed by atoms with Gasteiger partial charge in [0.2, 0.25) is 0 Å². The number of phenolic OH excluding ortho intramolecular Hbond substituents is 1. The summed E-state index contributed by atoms with van der Waals surface area (Å²) >= 11 is 0. The van der Waals surface area contributed by atoms with Crippen LogP contribution in [-0.4, -0.2) is 16.8 Å². The van der Waals surface area contributed by atoms with Gasteiger partial charge in [0.15, 0.2) is 0 Å². The van der Waals surface area contributed by atoms with Gasteiger partial charge in [0.25, 0.3) is 0 Å². The van der Waals surface area contributed by atoms with Crippen molar-refractivity contribution in [2.45, 2.75) is 32.1 Å². The Hall–Kier alpha value is -1.02. The summed E-state index contributed by atoms with van der Waals surface area (Å²) < 4.78 is 0. The topological polar surface area (TPSA) is 40.5 Å². The molecule has 0 heterocycles. The number of benzene rings is 1. The van der Waals surface area contributed by atoms with Gasteiger partial charge in [-0.25, -0.2) is 0 Å². The Morgan fingerprint density at radius 2 is 2.27 bits per heavy atom. The number of hydrogen-bond donors (Lipinski definition) is 2. The van der Waals surface area contributed by atoms with Crippen molar-refractivity contribution in [1.29, 1.82) is 0 Å². The van der Waals surface area contributed by atoms with E-state index in [-0.39, 0.29) is 12.5 Å². The van der Waals surface area contributed by atoms with Gasteiger partial charge in [-0.15, -0.1) is 0 Å². The van der Waals surface area contributed by atoms with Gasteiger partial charge < -0.3 is 10.2 Å². The standard InChI is InChI=1S/C13H18O2/c1-9(8-14)11-6-2-4-10-5-3-7-12(15)13(10)11/h3,5,7,9,11,14-15H,2,4,6,8H2,1H3. The normalized spacial score (nSPS) is 22.1. The van der Waals surface area contributed by atoms with Gasteiger partial charge in [0.1, 0.15) is 5.75 Å². The van der Waals surface area contributed by atoms with Crippen LogP contribution in [0.25, 0.3) is 0 Å². The predicted molar refractivity (Wildman–Crippen MR) is 60.0 cm³/mol. The molecule has 2 unspecified atom stereocenters. The second kappa shape index (κ2) is 4.23. The molecule has 2 rings (SSSR count). The fraction of sp³-hybridized carbons (Fsp3) is 0.538. The molecule has 82 valence electrons. The Bertz CT molecular complexity index is 346. The smallest absolute Gasteiger partial charge is 0.119 e. The van der Waals surface area contributed by atoms with Gasteiger partial charge in [0, 0.05) is 12.2 Å². The lowest BCUT2D eigenvalue weighted by molar-refractivity contribution is 0.206. The number of rotatable bonds is 2. The summed E-state index contributed by atoms with van der Waals surface area (Å²) in [5.41, 5.74) is 2.33. The number of hydrogen-bond acceptors (Lipinski definition) is 2. The van der Waals surface area contributed by atoms with Crippen molar-refractivity contribution in [3.63, 3.8) is 0 Å². The molecule has 2 heteroatoms. The number of aliphatic hydroxyl groups excluding tert-OH is 1. The molecule has 1 aromatic rings. The first-order valence-electron chi connectivity index (χ1n) is 5.65. The van der Waals surface area contributed by atoms with Crippen LogP contribution in [0.15, 0.2) is 18.2 Å². The zero-order valence-corrected chi connectivity index (χ0v) is 9.11. The van der Waals surface area contributed by atoms with Gasteiger partial charge >= 0.3 is 0 Å². The van der Waals surface area contributed by atoms with Crippen molar-refractivity contribution in [1.82, 2.24) is 0 Å². The quantitative estimate of drug-likeness (QED) is 0.780. The molecule has 0 saturated heterocycles. The van der Waals surface area contributed by atoms with E-state index >= 15 is 0 Å². The molecule has 0 radical (unpaired) electrons. The first kappa shape index (κ1) is 10.5. The molecule has 2 atom stereocenters. The van der Waals surface area contributed by atoms with Crippen molar-refractivity contribution in [2.75, 3.05) is 6.61 Å². The first-order valence-corrected chi connectivity index (χ1v) is 5.65. The monoisotopic (exact) mass is 206 g/mol. The SMILES string of the molecule is CC(CO)C1CCCc2cccc(O)c21. The third-order valence-electron chi connectivity index (χ3n) is 3.48. The molecule has 1 aliphatic carbocycles. The average molecular weight is 206 g/mol. The van der Waals surface area contributed by atoms with E-state index < -0.39 is 0 Å². The molecule has 0 aromatic heterocycles. The molecule has 1 aromatic carbocycles. The minimum atomic E-state index is 0.193. The van der Waals surface area contributed by atoms with Crippen LogP contribution in [0.5, 0.6) is 5.75 Å². The van der Waals surface area contributed by atoms with Crippen molar-refractivity contribution in [3.8, 4) is 5.75 Å². The lowest BCUT2D eigenvalue weighted by atomic mass is 9.76. The van der Waals surface area contributed by atoms with Gasteiger partial charge in [-0.05, 0) is 42.7 Å². The zero-order chi connectivity index (χ0) is 10.8. The Kier molecular flexibility index (Phi) is 2.96. The van der Waals surface area contributed by atoms with Crippen LogP contribution in [0, 0.1) is 5.92 Å². The minimum absolute atomic E-state index is 0.193. The summed E-state index contributed by atoms with van der Waals surface area (Å²) in [5, 5.41) is 19.1. The minimum Gasteiger partial charge on any atom is -0.508 e. The van der Waals surface area contributed by atoms with Crippen LogP contribution < -0.4 is 0 Å². The number of aromatic hydroxyl groups is 1. The van der Waals surface area contributed by atoms with Gasteiger partial charge in [-0.1, -0.05) is 19.1 Å². The van der Waals surface area contributed by atoms with Crippen molar-refractivity contribution in [3.05, 3.63) is 29.3 Å². The Balaban J connectivity index is 2.40. The van der Waals surface area contributed by atoms with Crippen LogP contribution in [0.4, 0.5) is 0 Å². The summed E-state index contributed by atoms with van der Waals surface area (Å²) in [7, 11) is 0. The molecule has 2 N–H and O–H groups in total. The van der Waals surface area contributed by atoms with E-state index in [4.69, 9.17) is 0 Å². The number of aryl methyl sites for hydroxylation is 1. The maximum absolute atomic E-state index is 9.89. The fourth-order valence-electron chi connectivity index (χ4n) is 2.60. The van der Waals surface area contributed by atoms with E-state index in [2.05, 4.69) is 6.07 Å². The molecular formula is C13H18O2. The lowest BCUT2D eigenvalue weighted by Crippen LogP contribution is -2.19. The summed E-state index contributed by atoms with van der Waals surface area (Å²) in [6, 6.07) is 5.74. The van der Waals surface area contributed by atoms with Crippen LogP contribution in [-0.2, 0) is 6.42 Å².